The van der Waals surface area contributed by atoms with Gasteiger partial charge in [0, 0.05) is 29.8 Å². The molecule has 0 aromatic carbocycles. The van der Waals surface area contributed by atoms with Gasteiger partial charge in [-0.15, -0.1) is 0 Å². The molecule has 0 aromatic heterocycles. The molecule has 135 valence electrons. The van der Waals surface area contributed by atoms with Crippen LogP contribution in [0.2, 0.25) is 0 Å². The molecule has 3 nitrogen and oxygen atoms in total. The topological polar surface area (TPSA) is 69.1 Å². The van der Waals surface area contributed by atoms with Crippen LogP contribution in [0.1, 0.15) is 77.0 Å². The molecular formula is C21H34LiN2O. The molecule has 4 heteroatoms. The van der Waals surface area contributed by atoms with Gasteiger partial charge in [0.15, 0.2) is 0 Å². The van der Waals surface area contributed by atoms with Crippen LogP contribution in [0.25, 0.3) is 0 Å². The maximum atomic E-state index is 11.5. The van der Waals surface area contributed by atoms with Crippen LogP contribution in [0.4, 0.5) is 0 Å². The van der Waals surface area contributed by atoms with E-state index < -0.39 is 0 Å². The van der Waals surface area contributed by atoms with Crippen LogP contribution in [0.15, 0.2) is 0 Å². The first-order valence-corrected chi connectivity index (χ1v) is 10.5. The fourth-order valence-corrected chi connectivity index (χ4v) is 8.59. The molecule has 0 aliphatic heterocycles. The van der Waals surface area contributed by atoms with Gasteiger partial charge in [-0.3, -0.25) is 4.79 Å². The number of hydrogen-bond acceptors (Lipinski definition) is 2. The third-order valence-corrected chi connectivity index (χ3v) is 8.65. The van der Waals surface area contributed by atoms with Crippen molar-refractivity contribution in [1.82, 2.24) is 0 Å². The molecule has 0 heterocycles. The first-order chi connectivity index (χ1) is 11.4. The van der Waals surface area contributed by atoms with Gasteiger partial charge < -0.3 is 11.5 Å². The Bertz CT molecular complexity index is 475. The van der Waals surface area contributed by atoms with Crippen molar-refractivity contribution in [2.45, 2.75) is 82.6 Å². The first kappa shape index (κ1) is 18.4. The summed E-state index contributed by atoms with van der Waals surface area (Å²) in [5.41, 5.74) is 12.1. The van der Waals surface area contributed by atoms with E-state index in [2.05, 4.69) is 0 Å². The van der Waals surface area contributed by atoms with E-state index in [1.807, 2.05) is 0 Å². The number of hydrogen-bond donors (Lipinski definition) is 2. The van der Waals surface area contributed by atoms with Crippen molar-refractivity contribution in [3.05, 3.63) is 0 Å². The Morgan fingerprint density at radius 2 is 0.920 bits per heavy atom. The van der Waals surface area contributed by atoms with Crippen LogP contribution in [-0.2, 0) is 4.79 Å². The molecule has 0 spiro atoms. The normalized spacial score (nSPS) is 53.8. The van der Waals surface area contributed by atoms with Crippen molar-refractivity contribution in [3.8, 4) is 0 Å². The second kappa shape index (κ2) is 6.28. The maximum Gasteiger partial charge on any atom is 0.223 e. The average Bonchev–Trinajstić information content (AvgIpc) is 2.43. The zero-order valence-corrected chi connectivity index (χ0v) is 16.0. The number of carbonyl (C=O) groups is 1. The number of rotatable bonds is 1. The molecule has 1 radical (unpaired) electrons. The summed E-state index contributed by atoms with van der Waals surface area (Å²) in [6, 6.07) is 0. The van der Waals surface area contributed by atoms with Gasteiger partial charge in [-0.25, -0.2) is 0 Å². The Kier molecular flexibility index (Phi) is 4.62. The fourth-order valence-electron chi connectivity index (χ4n) is 8.59. The summed E-state index contributed by atoms with van der Waals surface area (Å²) in [6.45, 7) is 0. The predicted octanol–water partition coefficient (Wildman–Crippen LogP) is 3.22. The summed E-state index contributed by atoms with van der Waals surface area (Å²) in [6.07, 6.45) is 16.0. The second-order valence-electron chi connectivity index (χ2n) is 10.8. The van der Waals surface area contributed by atoms with Crippen molar-refractivity contribution in [1.29, 1.82) is 0 Å². The smallest absolute Gasteiger partial charge is 0.223 e. The summed E-state index contributed by atoms with van der Waals surface area (Å²) < 4.78 is 0. The van der Waals surface area contributed by atoms with E-state index in [-0.39, 0.29) is 30.2 Å². The Labute approximate surface area is 164 Å². The van der Waals surface area contributed by atoms with Gasteiger partial charge >= 0.3 is 0 Å². The van der Waals surface area contributed by atoms with E-state index in [1.54, 1.807) is 0 Å². The molecule has 8 aliphatic rings. The molecular weight excluding hydrogens is 303 g/mol. The van der Waals surface area contributed by atoms with Gasteiger partial charge in [-0.1, -0.05) is 0 Å². The van der Waals surface area contributed by atoms with Crippen LogP contribution in [-0.4, -0.2) is 30.3 Å². The van der Waals surface area contributed by atoms with Crippen molar-refractivity contribution >= 4 is 24.8 Å². The van der Waals surface area contributed by atoms with Gasteiger partial charge in [-0.2, -0.15) is 0 Å². The number of nitrogens with two attached hydrogens (primary N) is 2. The van der Waals surface area contributed by atoms with Crippen LogP contribution in [0.5, 0.6) is 0 Å². The number of amides is 1. The summed E-state index contributed by atoms with van der Waals surface area (Å²) in [4.78, 5) is 11.5. The largest absolute Gasteiger partial charge is 0.369 e. The van der Waals surface area contributed by atoms with Gasteiger partial charge in [0.2, 0.25) is 5.91 Å². The Balaban J connectivity index is 0.000000122. The van der Waals surface area contributed by atoms with Gasteiger partial charge in [0.05, 0.1) is 0 Å². The zero-order valence-electron chi connectivity index (χ0n) is 16.0. The summed E-state index contributed by atoms with van der Waals surface area (Å²) >= 11 is 0. The molecule has 1 amide bonds. The Morgan fingerprint density at radius 3 is 1.16 bits per heavy atom. The van der Waals surface area contributed by atoms with Crippen LogP contribution in [0.3, 0.4) is 0 Å². The van der Waals surface area contributed by atoms with Gasteiger partial charge in [-0.05, 0) is 113 Å². The van der Waals surface area contributed by atoms with Crippen LogP contribution >= 0.6 is 0 Å². The monoisotopic (exact) mass is 337 g/mol. The molecule has 0 atom stereocenters. The molecule has 8 saturated carbocycles. The molecule has 0 saturated heterocycles. The Hall–Kier alpha value is 0.0274. The number of carbonyl (C=O) groups excluding carboxylic acids is 1. The quantitative estimate of drug-likeness (QED) is 0.721. The number of primary amides is 1. The fraction of sp³-hybridized carbons (Fsp3) is 0.952. The molecule has 25 heavy (non-hydrogen) atoms. The summed E-state index contributed by atoms with van der Waals surface area (Å²) in [5, 5.41) is 0. The van der Waals surface area contributed by atoms with Crippen molar-refractivity contribution in [3.63, 3.8) is 0 Å². The van der Waals surface area contributed by atoms with Crippen molar-refractivity contribution in [2.24, 2.45) is 52.4 Å². The van der Waals surface area contributed by atoms with E-state index in [4.69, 9.17) is 11.5 Å². The van der Waals surface area contributed by atoms with Crippen LogP contribution in [0, 0.1) is 40.9 Å². The van der Waals surface area contributed by atoms with Gasteiger partial charge in [0.1, 0.15) is 0 Å². The first-order valence-electron chi connectivity index (χ1n) is 10.5. The standard InChI is InChI=1S/C11H17NO.C10H17N.Li/c12-10(13)11-4-7-1-8(5-11)3-9(2-7)6-11;11-10-4-7-1-8(5-10)3-9(2-7)6-10;/h7-9H,1-6H2,(H2,12,13);7-9H,1-6,11H2;. The maximum absolute atomic E-state index is 11.5. The summed E-state index contributed by atoms with van der Waals surface area (Å²) in [5.74, 6) is 5.55. The third-order valence-electron chi connectivity index (χ3n) is 8.65. The minimum Gasteiger partial charge on any atom is -0.369 e. The zero-order chi connectivity index (χ0) is 16.5. The SMILES string of the molecule is NC(=O)C12CC3CC(CC(C3)C1)C2.NC12CC3CC(CC(C3)C1)C2.[Li]. The van der Waals surface area contributed by atoms with E-state index in [9.17, 15) is 4.79 Å². The minimum atomic E-state index is -0.0608. The molecule has 8 rings (SSSR count). The van der Waals surface area contributed by atoms with Crippen LogP contribution < -0.4 is 11.5 Å². The molecule has 0 unspecified atom stereocenters. The minimum absolute atomic E-state index is 0. The second-order valence-corrected chi connectivity index (χ2v) is 10.8. The predicted molar refractivity (Wildman–Crippen MR) is 101 cm³/mol. The Morgan fingerprint density at radius 1 is 0.640 bits per heavy atom. The molecule has 8 bridgehead atoms. The van der Waals surface area contributed by atoms with Gasteiger partial charge in [0.25, 0.3) is 0 Å². The van der Waals surface area contributed by atoms with E-state index in [0.717, 1.165) is 54.8 Å². The van der Waals surface area contributed by atoms with Crippen molar-refractivity contribution < 1.29 is 4.79 Å². The third kappa shape index (κ3) is 3.24. The molecule has 8 fully saturated rings. The van der Waals surface area contributed by atoms with E-state index in [0.29, 0.717) is 5.54 Å². The molecule has 0 aromatic rings. The summed E-state index contributed by atoms with van der Waals surface area (Å²) in [7, 11) is 0. The molecule has 8 aliphatic carbocycles. The average molecular weight is 337 g/mol. The molecule has 4 N–H and O–H groups in total. The van der Waals surface area contributed by atoms with E-state index >= 15 is 0 Å². The van der Waals surface area contributed by atoms with E-state index in [1.165, 1.54) is 57.8 Å². The van der Waals surface area contributed by atoms with Crippen molar-refractivity contribution in [2.75, 3.05) is 0 Å².